The van der Waals surface area contributed by atoms with Crippen LogP contribution in [0, 0.1) is 5.92 Å². The molecule has 1 N–H and O–H groups in total. The molecule has 1 aromatic heterocycles. The standard InChI is InChI=1S/C22H24N4O6S3/c1-34(28,29)18-8-5-9-19(14-18)35(30,31)26-12-10-16(11-13-26)21(27)23-22-25-24-20(32-22)15-33-17-6-3-2-4-7-17/h2-9,14,16H,10-13,15H2,1H3,(H,23,25,27). The smallest absolute Gasteiger partial charge is 0.322 e. The Balaban J connectivity index is 1.32. The molecule has 0 atom stereocenters. The van der Waals surface area contributed by atoms with Gasteiger partial charge in [-0.1, -0.05) is 29.4 Å². The van der Waals surface area contributed by atoms with Gasteiger partial charge in [-0.3, -0.25) is 10.1 Å². The van der Waals surface area contributed by atoms with Gasteiger partial charge in [-0.15, -0.1) is 16.9 Å². The Hall–Kier alpha value is -2.74. The van der Waals surface area contributed by atoms with Gasteiger partial charge in [-0.25, -0.2) is 16.8 Å². The van der Waals surface area contributed by atoms with Crippen molar-refractivity contribution in [2.75, 3.05) is 24.7 Å². The number of carbonyl (C=O) groups excluding carboxylic acids is 1. The third kappa shape index (κ3) is 6.28. The molecule has 4 rings (SSSR count). The van der Waals surface area contributed by atoms with Gasteiger partial charge in [0.25, 0.3) is 0 Å². The Bertz CT molecular complexity index is 1400. The van der Waals surface area contributed by atoms with Crippen LogP contribution in [0.2, 0.25) is 0 Å². The number of benzene rings is 2. The summed E-state index contributed by atoms with van der Waals surface area (Å²) in [5.74, 6) is 0.111. The van der Waals surface area contributed by atoms with Gasteiger partial charge in [0.15, 0.2) is 9.84 Å². The Kier molecular flexibility index (Phi) is 7.59. The lowest BCUT2D eigenvalue weighted by Gasteiger charge is -2.30. The number of aromatic nitrogens is 2. The van der Waals surface area contributed by atoms with E-state index in [0.29, 0.717) is 24.5 Å². The Morgan fingerprint density at radius 3 is 2.40 bits per heavy atom. The highest BCUT2D eigenvalue weighted by Crippen LogP contribution is 2.27. The molecule has 1 aliphatic heterocycles. The van der Waals surface area contributed by atoms with Crippen molar-refractivity contribution in [2.45, 2.75) is 33.3 Å². The minimum Gasteiger partial charge on any atom is -0.407 e. The molecule has 13 heteroatoms. The van der Waals surface area contributed by atoms with Crippen LogP contribution in [0.1, 0.15) is 18.7 Å². The molecule has 1 amide bonds. The van der Waals surface area contributed by atoms with E-state index >= 15 is 0 Å². The number of rotatable bonds is 8. The second-order valence-electron chi connectivity index (χ2n) is 8.02. The number of hydrogen-bond acceptors (Lipinski definition) is 9. The van der Waals surface area contributed by atoms with Crippen molar-refractivity contribution in [3.8, 4) is 0 Å². The fourth-order valence-electron chi connectivity index (χ4n) is 3.60. The molecule has 2 aromatic carbocycles. The first-order valence-electron chi connectivity index (χ1n) is 10.7. The number of anilines is 1. The van der Waals surface area contributed by atoms with Crippen LogP contribution in [0.5, 0.6) is 0 Å². The summed E-state index contributed by atoms with van der Waals surface area (Å²) in [4.78, 5) is 13.6. The van der Waals surface area contributed by atoms with Crippen LogP contribution in [0.4, 0.5) is 6.01 Å². The molecular formula is C22H24N4O6S3. The molecule has 0 saturated carbocycles. The summed E-state index contributed by atoms with van der Waals surface area (Å²) in [6, 6.07) is 15.0. The highest BCUT2D eigenvalue weighted by Gasteiger charge is 2.33. The largest absolute Gasteiger partial charge is 0.407 e. The van der Waals surface area contributed by atoms with Gasteiger partial charge in [0.05, 0.1) is 15.5 Å². The van der Waals surface area contributed by atoms with Crippen LogP contribution in [0.25, 0.3) is 0 Å². The molecule has 1 aliphatic rings. The van der Waals surface area contributed by atoms with Crippen molar-refractivity contribution in [2.24, 2.45) is 5.92 Å². The zero-order chi connectivity index (χ0) is 25.1. The third-order valence-electron chi connectivity index (χ3n) is 5.50. The summed E-state index contributed by atoms with van der Waals surface area (Å²) in [5.41, 5.74) is 0. The van der Waals surface area contributed by atoms with Crippen LogP contribution in [0.15, 0.2) is 73.7 Å². The monoisotopic (exact) mass is 536 g/mol. The van der Waals surface area contributed by atoms with Gasteiger partial charge in [-0.2, -0.15) is 4.31 Å². The molecule has 3 aromatic rings. The van der Waals surface area contributed by atoms with Gasteiger partial charge < -0.3 is 4.42 Å². The van der Waals surface area contributed by atoms with Crippen molar-refractivity contribution < 1.29 is 26.0 Å². The number of hydrogen-bond donors (Lipinski definition) is 1. The molecule has 186 valence electrons. The van der Waals surface area contributed by atoms with E-state index in [9.17, 15) is 21.6 Å². The van der Waals surface area contributed by atoms with E-state index < -0.39 is 25.8 Å². The molecular weight excluding hydrogens is 512 g/mol. The number of piperidine rings is 1. The van der Waals surface area contributed by atoms with Crippen LogP contribution in [0.3, 0.4) is 0 Å². The number of nitrogens with zero attached hydrogens (tertiary/aromatic N) is 3. The molecule has 2 heterocycles. The van der Waals surface area contributed by atoms with E-state index in [1.165, 1.54) is 34.3 Å². The Morgan fingerprint density at radius 1 is 1.03 bits per heavy atom. The maximum Gasteiger partial charge on any atom is 0.322 e. The first-order chi connectivity index (χ1) is 16.6. The van der Waals surface area contributed by atoms with E-state index in [-0.39, 0.29) is 34.8 Å². The average Bonchev–Trinajstić information content (AvgIpc) is 3.30. The van der Waals surface area contributed by atoms with Crippen molar-refractivity contribution in [3.63, 3.8) is 0 Å². The molecule has 0 radical (unpaired) electrons. The normalized spacial score (nSPS) is 15.7. The zero-order valence-electron chi connectivity index (χ0n) is 18.8. The number of amides is 1. The van der Waals surface area contributed by atoms with Gasteiger partial charge in [0.1, 0.15) is 0 Å². The summed E-state index contributed by atoms with van der Waals surface area (Å²) in [7, 11) is -7.42. The molecule has 35 heavy (non-hydrogen) atoms. The lowest BCUT2D eigenvalue weighted by molar-refractivity contribution is -0.121. The summed E-state index contributed by atoms with van der Waals surface area (Å²) >= 11 is 1.53. The number of carbonyl (C=O) groups is 1. The van der Waals surface area contributed by atoms with Crippen LogP contribution >= 0.6 is 11.8 Å². The third-order valence-corrected chi connectivity index (χ3v) is 9.50. The molecule has 1 fully saturated rings. The predicted octanol–water partition coefficient (Wildman–Crippen LogP) is 2.80. The highest BCUT2D eigenvalue weighted by molar-refractivity contribution is 7.98. The van der Waals surface area contributed by atoms with Crippen molar-refractivity contribution >= 4 is 43.5 Å². The number of thioether (sulfide) groups is 1. The quantitative estimate of drug-likeness (QED) is 0.430. The molecule has 0 aliphatic carbocycles. The zero-order valence-corrected chi connectivity index (χ0v) is 21.3. The van der Waals surface area contributed by atoms with E-state index in [1.54, 1.807) is 0 Å². The maximum absolute atomic E-state index is 13.0. The second kappa shape index (κ2) is 10.5. The highest BCUT2D eigenvalue weighted by atomic mass is 32.2. The molecule has 0 spiro atoms. The summed E-state index contributed by atoms with van der Waals surface area (Å²) in [6.45, 7) is 0.263. The lowest BCUT2D eigenvalue weighted by atomic mass is 9.97. The second-order valence-corrected chi connectivity index (χ2v) is 13.0. The predicted molar refractivity (Wildman–Crippen MR) is 130 cm³/mol. The van der Waals surface area contributed by atoms with E-state index in [2.05, 4.69) is 15.5 Å². The molecule has 10 nitrogen and oxygen atoms in total. The molecule has 0 bridgehead atoms. The number of sulfone groups is 1. The fraction of sp³-hybridized carbons (Fsp3) is 0.318. The maximum atomic E-state index is 13.0. The molecule has 1 saturated heterocycles. The average molecular weight is 537 g/mol. The topological polar surface area (TPSA) is 140 Å². The van der Waals surface area contributed by atoms with Gasteiger partial charge in [0.2, 0.25) is 21.8 Å². The minimum absolute atomic E-state index is 0.00584. The first kappa shape index (κ1) is 25.4. The van der Waals surface area contributed by atoms with Crippen LogP contribution in [-0.4, -0.2) is 56.6 Å². The summed E-state index contributed by atoms with van der Waals surface area (Å²) in [6.07, 6.45) is 1.64. The van der Waals surface area contributed by atoms with Gasteiger partial charge >= 0.3 is 6.01 Å². The summed E-state index contributed by atoms with van der Waals surface area (Å²) in [5, 5.41) is 10.4. The SMILES string of the molecule is CS(=O)(=O)c1cccc(S(=O)(=O)N2CCC(C(=O)Nc3nnc(CSc4ccccc4)o3)CC2)c1. The van der Waals surface area contributed by atoms with Crippen LogP contribution in [-0.2, 0) is 30.4 Å². The van der Waals surface area contributed by atoms with E-state index in [4.69, 9.17) is 4.42 Å². The molecule has 0 unspecified atom stereocenters. The fourth-order valence-corrected chi connectivity index (χ4v) is 6.62. The van der Waals surface area contributed by atoms with Crippen LogP contribution < -0.4 is 5.32 Å². The lowest BCUT2D eigenvalue weighted by Crippen LogP contribution is -2.41. The summed E-state index contributed by atoms with van der Waals surface area (Å²) < 4.78 is 56.3. The Morgan fingerprint density at radius 2 is 1.71 bits per heavy atom. The van der Waals surface area contributed by atoms with E-state index in [0.717, 1.165) is 17.2 Å². The Labute approximate surface area is 208 Å². The minimum atomic E-state index is -3.88. The van der Waals surface area contributed by atoms with Gasteiger partial charge in [0, 0.05) is 30.2 Å². The van der Waals surface area contributed by atoms with Crippen molar-refractivity contribution in [1.82, 2.24) is 14.5 Å². The van der Waals surface area contributed by atoms with Gasteiger partial charge in [-0.05, 0) is 43.2 Å². The number of nitrogens with one attached hydrogen (secondary N) is 1. The van der Waals surface area contributed by atoms with Crippen molar-refractivity contribution in [3.05, 3.63) is 60.5 Å². The van der Waals surface area contributed by atoms with Crippen molar-refractivity contribution in [1.29, 1.82) is 0 Å². The number of sulfonamides is 1. The first-order valence-corrected chi connectivity index (χ1v) is 15.1. The van der Waals surface area contributed by atoms with E-state index in [1.807, 2.05) is 30.3 Å².